The van der Waals surface area contributed by atoms with Crippen LogP contribution in [-0.4, -0.2) is 24.5 Å². The van der Waals surface area contributed by atoms with E-state index in [1.165, 1.54) is 18.2 Å². The van der Waals surface area contributed by atoms with Gasteiger partial charge in [0.25, 0.3) is 0 Å². The number of halogens is 1. The second kappa shape index (κ2) is 6.82. The first-order valence-corrected chi connectivity index (χ1v) is 5.92. The first kappa shape index (κ1) is 15.1. The molecule has 1 aliphatic heterocycles. The zero-order valence-corrected chi connectivity index (χ0v) is 13.1. The van der Waals surface area contributed by atoms with Gasteiger partial charge in [-0.2, -0.15) is 0 Å². The van der Waals surface area contributed by atoms with Crippen molar-refractivity contribution in [3.63, 3.8) is 0 Å². The van der Waals surface area contributed by atoms with Crippen LogP contribution in [0.5, 0.6) is 0 Å². The number of guanidine groups is 1. The summed E-state index contributed by atoms with van der Waals surface area (Å²) in [5.41, 5.74) is 8.47. The van der Waals surface area contributed by atoms with Crippen LogP contribution in [0.1, 0.15) is 30.0 Å². The van der Waals surface area contributed by atoms with Gasteiger partial charge in [-0.05, 0) is 30.5 Å². The Morgan fingerprint density at radius 2 is 2.06 bits per heavy atom. The fourth-order valence-corrected chi connectivity index (χ4v) is 2.32. The van der Waals surface area contributed by atoms with Gasteiger partial charge < -0.3 is 15.5 Å². The van der Waals surface area contributed by atoms with Gasteiger partial charge in [0.15, 0.2) is 0 Å². The molecule has 0 amide bonds. The monoisotopic (exact) mass is 361 g/mol. The van der Waals surface area contributed by atoms with Crippen molar-refractivity contribution in [3.8, 4) is 0 Å². The van der Waals surface area contributed by atoms with Gasteiger partial charge in [0, 0.05) is 6.54 Å². The molecule has 100 valence electrons. The van der Waals surface area contributed by atoms with E-state index >= 15 is 0 Å². The van der Waals surface area contributed by atoms with Crippen molar-refractivity contribution in [3.05, 3.63) is 35.4 Å². The molecule has 2 rings (SSSR count). The lowest BCUT2D eigenvalue weighted by Gasteiger charge is -2.25. The Kier molecular flexibility index (Phi) is 5.71. The molecule has 0 saturated carbocycles. The number of rotatable bonds is 2. The summed E-state index contributed by atoms with van der Waals surface area (Å²) in [6.07, 6.45) is 2.25. The second-order valence-corrected chi connectivity index (χ2v) is 4.39. The number of hydrogen-bond donors (Lipinski definition) is 1. The molecule has 1 heterocycles. The summed E-state index contributed by atoms with van der Waals surface area (Å²) in [5, 5.41) is 3.82. The molecule has 1 fully saturated rings. The van der Waals surface area contributed by atoms with Crippen molar-refractivity contribution in [2.75, 3.05) is 13.7 Å². The van der Waals surface area contributed by atoms with Crippen LogP contribution < -0.4 is 5.73 Å². The number of oxime groups is 1. The fourth-order valence-electron chi connectivity index (χ4n) is 2.32. The highest BCUT2D eigenvalue weighted by atomic mass is 127. The van der Waals surface area contributed by atoms with Crippen molar-refractivity contribution >= 4 is 29.9 Å². The van der Waals surface area contributed by atoms with Crippen LogP contribution >= 0.6 is 24.0 Å². The highest BCUT2D eigenvalue weighted by molar-refractivity contribution is 14.0. The van der Waals surface area contributed by atoms with Crippen LogP contribution in [0.15, 0.2) is 29.4 Å². The van der Waals surface area contributed by atoms with Gasteiger partial charge in [-0.25, -0.2) is 0 Å². The Balaban J connectivity index is 0.00000162. The van der Waals surface area contributed by atoms with Crippen molar-refractivity contribution in [2.24, 2.45) is 10.9 Å². The molecule has 0 radical (unpaired) electrons. The van der Waals surface area contributed by atoms with E-state index in [2.05, 4.69) is 41.2 Å². The van der Waals surface area contributed by atoms with E-state index in [4.69, 9.17) is 10.6 Å². The molecule has 0 aromatic heterocycles. The maximum absolute atomic E-state index is 5.90. The van der Waals surface area contributed by atoms with Crippen LogP contribution in [0.4, 0.5) is 0 Å². The number of nitrogens with zero attached hydrogens (tertiary/aromatic N) is 2. The van der Waals surface area contributed by atoms with Crippen LogP contribution in [0, 0.1) is 6.92 Å². The normalized spacial score (nSPS) is 19.6. The lowest BCUT2D eigenvalue weighted by molar-refractivity contribution is 0.203. The molecule has 2 N–H and O–H groups in total. The van der Waals surface area contributed by atoms with Gasteiger partial charge >= 0.3 is 0 Å². The van der Waals surface area contributed by atoms with E-state index in [9.17, 15) is 0 Å². The summed E-state index contributed by atoms with van der Waals surface area (Å²) in [4.78, 5) is 6.85. The van der Waals surface area contributed by atoms with Crippen LogP contribution in [-0.2, 0) is 4.84 Å². The minimum absolute atomic E-state index is 0. The third-order valence-electron chi connectivity index (χ3n) is 3.19. The number of likely N-dealkylation sites (tertiary alicyclic amines) is 1. The van der Waals surface area contributed by atoms with E-state index < -0.39 is 0 Å². The van der Waals surface area contributed by atoms with E-state index in [1.54, 1.807) is 0 Å². The summed E-state index contributed by atoms with van der Waals surface area (Å²) in [7, 11) is 1.52. The van der Waals surface area contributed by atoms with Crippen molar-refractivity contribution in [2.45, 2.75) is 25.8 Å². The summed E-state index contributed by atoms with van der Waals surface area (Å²) < 4.78 is 0. The first-order chi connectivity index (χ1) is 8.22. The molecule has 1 aromatic carbocycles. The fraction of sp³-hybridized carbons (Fsp3) is 0.462. The average molecular weight is 361 g/mol. The molecular weight excluding hydrogens is 341 g/mol. The third-order valence-corrected chi connectivity index (χ3v) is 3.19. The third kappa shape index (κ3) is 3.28. The topological polar surface area (TPSA) is 50.9 Å². The lowest BCUT2D eigenvalue weighted by Crippen LogP contribution is -2.36. The highest BCUT2D eigenvalue weighted by Gasteiger charge is 2.27. The molecule has 0 spiro atoms. The molecule has 1 saturated heterocycles. The molecule has 4 nitrogen and oxygen atoms in total. The Morgan fingerprint density at radius 1 is 1.39 bits per heavy atom. The quantitative estimate of drug-likeness (QED) is 0.381. The molecule has 1 atom stereocenters. The second-order valence-electron chi connectivity index (χ2n) is 4.39. The minimum Gasteiger partial charge on any atom is -0.396 e. The van der Waals surface area contributed by atoms with Crippen LogP contribution in [0.2, 0.25) is 0 Å². The summed E-state index contributed by atoms with van der Waals surface area (Å²) in [5.74, 6) is 0.468. The van der Waals surface area contributed by atoms with Gasteiger partial charge in [0.2, 0.25) is 5.96 Å². The molecular formula is C13H20IN3O. The Labute approximate surface area is 125 Å². The number of aryl methyl sites for hydroxylation is 1. The zero-order chi connectivity index (χ0) is 12.3. The molecule has 1 aromatic rings. The van der Waals surface area contributed by atoms with E-state index in [-0.39, 0.29) is 24.0 Å². The van der Waals surface area contributed by atoms with Gasteiger partial charge in [-0.1, -0.05) is 29.8 Å². The Morgan fingerprint density at radius 3 is 2.67 bits per heavy atom. The SMILES string of the molecule is CO/N=C(/N)N1CCCC1c1ccc(C)cc1.I. The van der Waals surface area contributed by atoms with E-state index in [1.807, 2.05) is 0 Å². The van der Waals surface area contributed by atoms with Gasteiger partial charge in [-0.15, -0.1) is 24.0 Å². The smallest absolute Gasteiger partial charge is 0.233 e. The predicted octanol–water partition coefficient (Wildman–Crippen LogP) is 2.63. The van der Waals surface area contributed by atoms with Gasteiger partial charge in [0.1, 0.15) is 7.11 Å². The summed E-state index contributed by atoms with van der Waals surface area (Å²) >= 11 is 0. The largest absolute Gasteiger partial charge is 0.396 e. The molecule has 1 unspecified atom stereocenters. The number of hydrogen-bond acceptors (Lipinski definition) is 2. The number of benzene rings is 1. The van der Waals surface area contributed by atoms with Crippen LogP contribution in [0.25, 0.3) is 0 Å². The highest BCUT2D eigenvalue weighted by Crippen LogP contribution is 2.31. The van der Waals surface area contributed by atoms with E-state index in [0.29, 0.717) is 12.0 Å². The standard InChI is InChI=1S/C13H19N3O.HI/c1-10-5-7-11(8-6-10)12-4-3-9-16(12)13(14)15-17-2;/h5-8,12H,3-4,9H2,1-2H3,(H2,14,15);1H. The minimum atomic E-state index is 0. The Hall–Kier alpha value is -0.980. The maximum atomic E-state index is 5.90. The maximum Gasteiger partial charge on any atom is 0.233 e. The Bertz CT molecular complexity index is 405. The molecule has 0 aliphatic carbocycles. The molecule has 18 heavy (non-hydrogen) atoms. The molecule has 0 bridgehead atoms. The van der Waals surface area contributed by atoms with Crippen molar-refractivity contribution < 1.29 is 4.84 Å². The number of nitrogens with two attached hydrogens (primary N) is 1. The van der Waals surface area contributed by atoms with Crippen LogP contribution in [0.3, 0.4) is 0 Å². The van der Waals surface area contributed by atoms with Crippen molar-refractivity contribution in [1.82, 2.24) is 4.90 Å². The lowest BCUT2D eigenvalue weighted by atomic mass is 10.0. The zero-order valence-electron chi connectivity index (χ0n) is 10.8. The molecule has 1 aliphatic rings. The molecule has 5 heteroatoms. The summed E-state index contributed by atoms with van der Waals surface area (Å²) in [6, 6.07) is 8.93. The van der Waals surface area contributed by atoms with Crippen molar-refractivity contribution in [1.29, 1.82) is 0 Å². The summed E-state index contributed by atoms with van der Waals surface area (Å²) in [6.45, 7) is 3.04. The average Bonchev–Trinajstić information content (AvgIpc) is 2.79. The predicted molar refractivity (Wildman–Crippen MR) is 83.9 cm³/mol. The van der Waals surface area contributed by atoms with Gasteiger partial charge in [-0.3, -0.25) is 0 Å². The first-order valence-electron chi connectivity index (χ1n) is 5.92. The van der Waals surface area contributed by atoms with Gasteiger partial charge in [0.05, 0.1) is 6.04 Å². The van der Waals surface area contributed by atoms with E-state index in [0.717, 1.165) is 19.4 Å².